The van der Waals surface area contributed by atoms with Gasteiger partial charge in [-0.05, 0) is 30.7 Å². The van der Waals surface area contributed by atoms with Gasteiger partial charge in [0.1, 0.15) is 11.8 Å². The third kappa shape index (κ3) is 3.73. The molecule has 0 radical (unpaired) electrons. The summed E-state index contributed by atoms with van der Waals surface area (Å²) in [5, 5.41) is 12.6. The largest absolute Gasteiger partial charge is 0.490 e. The van der Waals surface area contributed by atoms with Crippen LogP contribution in [-0.2, 0) is 9.63 Å². The molecule has 1 aliphatic heterocycles. The summed E-state index contributed by atoms with van der Waals surface area (Å²) in [4.78, 5) is 16.9. The lowest BCUT2D eigenvalue weighted by atomic mass is 10.0. The molecule has 2 aromatic carbocycles. The van der Waals surface area contributed by atoms with Crippen molar-refractivity contribution in [3.05, 3.63) is 65.2 Å². The van der Waals surface area contributed by atoms with E-state index >= 15 is 0 Å². The molecule has 0 unspecified atom stereocenters. The van der Waals surface area contributed by atoms with Crippen LogP contribution in [0.15, 0.2) is 59.3 Å². The highest BCUT2D eigenvalue weighted by molar-refractivity contribution is 6.31. The van der Waals surface area contributed by atoms with Gasteiger partial charge in [-0.15, -0.1) is 0 Å². The lowest BCUT2D eigenvalue weighted by molar-refractivity contribution is -0.136. The molecule has 0 N–H and O–H groups in total. The normalized spacial score (nSPS) is 14.5. The average Bonchev–Trinajstić information content (AvgIpc) is 3.02. The predicted octanol–water partition coefficient (Wildman–Crippen LogP) is 3.33. The number of carbonyl (C=O) groups is 1. The van der Waals surface area contributed by atoms with Crippen molar-refractivity contribution in [3.8, 4) is 17.6 Å². The molecule has 130 valence electrons. The zero-order valence-electron chi connectivity index (χ0n) is 14.1. The van der Waals surface area contributed by atoms with E-state index in [1.165, 1.54) is 0 Å². The number of hydrogen-bond donors (Lipinski definition) is 0. The Labute approximate surface area is 150 Å². The monoisotopic (exact) mass is 348 g/mol. The number of rotatable bonds is 6. The second-order valence-corrected chi connectivity index (χ2v) is 5.33. The highest BCUT2D eigenvalue weighted by atomic mass is 16.7. The van der Waals surface area contributed by atoms with Gasteiger partial charge < -0.3 is 14.3 Å². The van der Waals surface area contributed by atoms with Crippen molar-refractivity contribution >= 4 is 17.8 Å². The van der Waals surface area contributed by atoms with Crippen LogP contribution < -0.4 is 9.47 Å². The van der Waals surface area contributed by atoms with E-state index in [9.17, 15) is 4.79 Å². The van der Waals surface area contributed by atoms with Crippen molar-refractivity contribution in [2.75, 3.05) is 13.2 Å². The van der Waals surface area contributed by atoms with Crippen molar-refractivity contribution < 1.29 is 19.1 Å². The fourth-order valence-electron chi connectivity index (χ4n) is 2.49. The van der Waals surface area contributed by atoms with Crippen LogP contribution >= 0.6 is 0 Å². The van der Waals surface area contributed by atoms with Crippen molar-refractivity contribution in [3.63, 3.8) is 0 Å². The second kappa shape index (κ2) is 7.99. The molecule has 2 aromatic rings. The quantitative estimate of drug-likeness (QED) is 0.591. The molecule has 0 saturated carbocycles. The Bertz CT molecular complexity index is 911. The van der Waals surface area contributed by atoms with Crippen LogP contribution in [0.1, 0.15) is 18.1 Å². The lowest BCUT2D eigenvalue weighted by Crippen LogP contribution is -2.06. The first kappa shape index (κ1) is 17.2. The Balaban J connectivity index is 1.95. The maximum Gasteiger partial charge on any atom is 0.368 e. The van der Waals surface area contributed by atoms with Crippen LogP contribution in [0.3, 0.4) is 0 Å². The molecule has 1 aliphatic rings. The van der Waals surface area contributed by atoms with Crippen LogP contribution in [0.4, 0.5) is 0 Å². The van der Waals surface area contributed by atoms with Gasteiger partial charge in [0.05, 0.1) is 12.2 Å². The molecule has 0 bridgehead atoms. The van der Waals surface area contributed by atoms with E-state index in [-0.39, 0.29) is 6.61 Å². The van der Waals surface area contributed by atoms with Crippen LogP contribution in [0.25, 0.3) is 6.08 Å². The number of ether oxygens (including phenoxy) is 2. The summed E-state index contributed by atoms with van der Waals surface area (Å²) >= 11 is 0. The molecule has 0 aliphatic carbocycles. The Morgan fingerprint density at radius 1 is 1.15 bits per heavy atom. The molecule has 3 rings (SSSR count). The van der Waals surface area contributed by atoms with E-state index in [4.69, 9.17) is 19.6 Å². The van der Waals surface area contributed by atoms with E-state index < -0.39 is 5.97 Å². The van der Waals surface area contributed by atoms with E-state index in [1.807, 2.05) is 43.3 Å². The average molecular weight is 348 g/mol. The molecule has 0 saturated heterocycles. The molecule has 0 amide bonds. The fraction of sp³-hybridized carbons (Fsp3) is 0.150. The Morgan fingerprint density at radius 3 is 2.69 bits per heavy atom. The van der Waals surface area contributed by atoms with Crippen molar-refractivity contribution in [2.24, 2.45) is 5.16 Å². The smallest absolute Gasteiger partial charge is 0.368 e. The van der Waals surface area contributed by atoms with Crippen LogP contribution in [0, 0.1) is 11.3 Å². The zero-order valence-corrected chi connectivity index (χ0v) is 14.1. The van der Waals surface area contributed by atoms with Crippen LogP contribution in [-0.4, -0.2) is 24.9 Å². The molecular formula is C20H16N2O4. The van der Waals surface area contributed by atoms with Gasteiger partial charge in [-0.3, -0.25) is 0 Å². The minimum absolute atomic E-state index is 0.0718. The van der Waals surface area contributed by atoms with Gasteiger partial charge in [-0.2, -0.15) is 5.26 Å². The maximum atomic E-state index is 12.1. The summed E-state index contributed by atoms with van der Waals surface area (Å²) in [7, 11) is 0. The van der Waals surface area contributed by atoms with E-state index in [0.29, 0.717) is 29.4 Å². The standard InChI is InChI=1S/C20H16N2O4/c1-2-24-18-13-14(8-9-17(18)25-11-10-21)12-16-19(22-26-20(16)23)15-6-4-3-5-7-15/h3-9,12-13H,2,11H2,1H3. The Hall–Kier alpha value is -3.59. The summed E-state index contributed by atoms with van der Waals surface area (Å²) in [5.41, 5.74) is 2.38. The molecular weight excluding hydrogens is 332 g/mol. The maximum absolute atomic E-state index is 12.1. The Kier molecular flexibility index (Phi) is 5.30. The molecule has 1 heterocycles. The van der Waals surface area contributed by atoms with Gasteiger partial charge >= 0.3 is 5.97 Å². The van der Waals surface area contributed by atoms with Gasteiger partial charge in [0.15, 0.2) is 18.1 Å². The molecule has 6 nitrogen and oxygen atoms in total. The van der Waals surface area contributed by atoms with Gasteiger partial charge in [-0.1, -0.05) is 41.6 Å². The molecule has 6 heteroatoms. The van der Waals surface area contributed by atoms with Gasteiger partial charge in [-0.25, -0.2) is 4.79 Å². The summed E-state index contributed by atoms with van der Waals surface area (Å²) in [6.45, 7) is 2.23. The van der Waals surface area contributed by atoms with E-state index in [1.54, 1.807) is 24.3 Å². The Morgan fingerprint density at radius 2 is 1.96 bits per heavy atom. The lowest BCUT2D eigenvalue weighted by Gasteiger charge is -2.11. The van der Waals surface area contributed by atoms with Gasteiger partial charge in [0.2, 0.25) is 0 Å². The molecule has 26 heavy (non-hydrogen) atoms. The minimum Gasteiger partial charge on any atom is -0.490 e. The van der Waals surface area contributed by atoms with Crippen molar-refractivity contribution in [2.45, 2.75) is 6.92 Å². The topological polar surface area (TPSA) is 80.9 Å². The summed E-state index contributed by atoms with van der Waals surface area (Å²) in [6, 6.07) is 16.5. The fourth-order valence-corrected chi connectivity index (χ4v) is 2.49. The number of carbonyl (C=O) groups excluding carboxylic acids is 1. The molecule has 0 atom stereocenters. The van der Waals surface area contributed by atoms with Crippen LogP contribution in [0.2, 0.25) is 0 Å². The SMILES string of the molecule is CCOc1cc(C=C2C(=O)ON=C2c2ccccc2)ccc1OCC#N. The highest BCUT2D eigenvalue weighted by Crippen LogP contribution is 2.30. The highest BCUT2D eigenvalue weighted by Gasteiger charge is 2.26. The summed E-state index contributed by atoms with van der Waals surface area (Å²) in [5.74, 6) is 0.467. The van der Waals surface area contributed by atoms with Gasteiger partial charge in [0.25, 0.3) is 0 Å². The minimum atomic E-state index is -0.508. The summed E-state index contributed by atoms with van der Waals surface area (Å²) < 4.78 is 10.9. The molecule has 0 aromatic heterocycles. The number of benzene rings is 2. The molecule has 0 spiro atoms. The summed E-state index contributed by atoms with van der Waals surface area (Å²) in [6.07, 6.45) is 1.69. The number of hydrogen-bond acceptors (Lipinski definition) is 6. The van der Waals surface area contributed by atoms with Crippen molar-refractivity contribution in [1.82, 2.24) is 0 Å². The van der Waals surface area contributed by atoms with Crippen molar-refractivity contribution in [1.29, 1.82) is 5.26 Å². The number of oxime groups is 1. The second-order valence-electron chi connectivity index (χ2n) is 5.33. The molecule has 0 fully saturated rings. The third-order valence-electron chi connectivity index (χ3n) is 3.61. The first-order valence-electron chi connectivity index (χ1n) is 8.06. The van der Waals surface area contributed by atoms with Crippen LogP contribution in [0.5, 0.6) is 11.5 Å². The first-order valence-corrected chi connectivity index (χ1v) is 8.06. The third-order valence-corrected chi connectivity index (χ3v) is 3.61. The van der Waals surface area contributed by atoms with Gasteiger partial charge in [0, 0.05) is 5.56 Å². The number of nitriles is 1. The first-order chi connectivity index (χ1) is 12.7. The van der Waals surface area contributed by atoms with E-state index in [2.05, 4.69) is 5.16 Å². The predicted molar refractivity (Wildman–Crippen MR) is 95.8 cm³/mol. The number of nitrogens with zero attached hydrogens (tertiary/aromatic N) is 2. The zero-order chi connectivity index (χ0) is 18.4. The van der Waals surface area contributed by atoms with E-state index in [0.717, 1.165) is 11.1 Å².